The molecule has 0 aromatic heterocycles. The van der Waals surface area contributed by atoms with Crippen molar-refractivity contribution in [3.8, 4) is 0 Å². The van der Waals surface area contributed by atoms with Crippen molar-refractivity contribution in [3.05, 3.63) is 71.8 Å². The standard InChI is InChI=1S/C16H17NO2/c17-14-11-18-16(13-9-5-2-6-10-13)19-15(14)12-7-3-1-4-8-12/h1-10,14-16H,11,17H2/t14-,15-,16+/m0/s1. The van der Waals surface area contributed by atoms with Crippen LogP contribution in [0.5, 0.6) is 0 Å². The fraction of sp³-hybridized carbons (Fsp3) is 0.250. The van der Waals surface area contributed by atoms with Gasteiger partial charge in [-0.05, 0) is 5.56 Å². The predicted octanol–water partition coefficient (Wildman–Crippen LogP) is 2.80. The van der Waals surface area contributed by atoms with Gasteiger partial charge in [-0.15, -0.1) is 0 Å². The third-order valence-electron chi connectivity index (χ3n) is 3.30. The first-order valence-electron chi connectivity index (χ1n) is 6.47. The van der Waals surface area contributed by atoms with Crippen LogP contribution in [0, 0.1) is 0 Å². The molecule has 2 N–H and O–H groups in total. The normalized spacial score (nSPS) is 27.1. The van der Waals surface area contributed by atoms with Crippen molar-refractivity contribution in [1.82, 2.24) is 0 Å². The second-order valence-corrected chi connectivity index (χ2v) is 4.71. The van der Waals surface area contributed by atoms with Gasteiger partial charge in [-0.25, -0.2) is 0 Å². The van der Waals surface area contributed by atoms with Crippen LogP contribution in [0.1, 0.15) is 23.5 Å². The maximum atomic E-state index is 6.10. The molecule has 1 aliphatic rings. The van der Waals surface area contributed by atoms with Crippen molar-refractivity contribution in [1.29, 1.82) is 0 Å². The van der Waals surface area contributed by atoms with E-state index in [4.69, 9.17) is 15.2 Å². The highest BCUT2D eigenvalue weighted by molar-refractivity contribution is 5.21. The summed E-state index contributed by atoms with van der Waals surface area (Å²) in [6.07, 6.45) is -0.466. The summed E-state index contributed by atoms with van der Waals surface area (Å²) < 4.78 is 11.7. The Bertz CT molecular complexity index is 515. The molecular formula is C16H17NO2. The lowest BCUT2D eigenvalue weighted by atomic mass is 10.0. The zero-order valence-corrected chi connectivity index (χ0v) is 10.6. The van der Waals surface area contributed by atoms with Gasteiger partial charge in [0.1, 0.15) is 6.10 Å². The van der Waals surface area contributed by atoms with Crippen LogP contribution in [0.2, 0.25) is 0 Å². The Kier molecular flexibility index (Phi) is 3.60. The molecule has 0 radical (unpaired) electrons. The minimum absolute atomic E-state index is 0.125. The third-order valence-corrected chi connectivity index (χ3v) is 3.30. The lowest BCUT2D eigenvalue weighted by molar-refractivity contribution is -0.227. The van der Waals surface area contributed by atoms with E-state index >= 15 is 0 Å². The maximum Gasteiger partial charge on any atom is 0.184 e. The van der Waals surface area contributed by atoms with Gasteiger partial charge in [0, 0.05) is 5.56 Å². The minimum Gasteiger partial charge on any atom is -0.347 e. The highest BCUT2D eigenvalue weighted by Crippen LogP contribution is 2.33. The number of hydrogen-bond donors (Lipinski definition) is 1. The molecule has 0 spiro atoms. The highest BCUT2D eigenvalue weighted by atomic mass is 16.7. The molecule has 3 nitrogen and oxygen atoms in total. The average molecular weight is 255 g/mol. The zero-order valence-electron chi connectivity index (χ0n) is 10.6. The summed E-state index contributed by atoms with van der Waals surface area (Å²) in [7, 11) is 0. The van der Waals surface area contributed by atoms with E-state index in [1.807, 2.05) is 60.7 Å². The Morgan fingerprint density at radius 1 is 0.842 bits per heavy atom. The van der Waals surface area contributed by atoms with E-state index in [2.05, 4.69) is 0 Å². The monoisotopic (exact) mass is 255 g/mol. The van der Waals surface area contributed by atoms with Gasteiger partial charge in [0.05, 0.1) is 12.6 Å². The summed E-state index contributed by atoms with van der Waals surface area (Å²) >= 11 is 0. The molecular weight excluding hydrogens is 238 g/mol. The van der Waals surface area contributed by atoms with E-state index in [9.17, 15) is 0 Å². The number of rotatable bonds is 2. The van der Waals surface area contributed by atoms with E-state index in [0.717, 1.165) is 11.1 Å². The van der Waals surface area contributed by atoms with Gasteiger partial charge >= 0.3 is 0 Å². The van der Waals surface area contributed by atoms with Gasteiger partial charge < -0.3 is 15.2 Å². The first-order valence-corrected chi connectivity index (χ1v) is 6.47. The van der Waals surface area contributed by atoms with Crippen molar-refractivity contribution in [2.45, 2.75) is 18.4 Å². The largest absolute Gasteiger partial charge is 0.347 e. The molecule has 0 unspecified atom stereocenters. The van der Waals surface area contributed by atoms with Gasteiger partial charge in [-0.1, -0.05) is 60.7 Å². The van der Waals surface area contributed by atoms with Crippen LogP contribution < -0.4 is 5.73 Å². The van der Waals surface area contributed by atoms with Crippen molar-refractivity contribution >= 4 is 0 Å². The Morgan fingerprint density at radius 3 is 2.05 bits per heavy atom. The van der Waals surface area contributed by atoms with Crippen molar-refractivity contribution in [2.75, 3.05) is 6.61 Å². The van der Waals surface area contributed by atoms with E-state index in [0.29, 0.717) is 6.61 Å². The molecule has 0 bridgehead atoms. The summed E-state index contributed by atoms with van der Waals surface area (Å²) in [4.78, 5) is 0. The summed E-state index contributed by atoms with van der Waals surface area (Å²) in [6.45, 7) is 0.499. The molecule has 0 saturated carbocycles. The predicted molar refractivity (Wildman–Crippen MR) is 73.4 cm³/mol. The van der Waals surface area contributed by atoms with E-state index in [1.54, 1.807) is 0 Å². The molecule has 1 heterocycles. The number of benzene rings is 2. The van der Waals surface area contributed by atoms with E-state index in [-0.39, 0.29) is 18.4 Å². The number of hydrogen-bond acceptors (Lipinski definition) is 3. The molecule has 2 aromatic carbocycles. The van der Waals surface area contributed by atoms with Crippen LogP contribution in [0.4, 0.5) is 0 Å². The van der Waals surface area contributed by atoms with Crippen LogP contribution in [-0.2, 0) is 9.47 Å². The molecule has 2 aromatic rings. The van der Waals surface area contributed by atoms with Crippen molar-refractivity contribution in [3.63, 3.8) is 0 Å². The molecule has 3 atom stereocenters. The van der Waals surface area contributed by atoms with Crippen molar-refractivity contribution in [2.24, 2.45) is 5.73 Å². The smallest absolute Gasteiger partial charge is 0.184 e. The second-order valence-electron chi connectivity index (χ2n) is 4.71. The highest BCUT2D eigenvalue weighted by Gasteiger charge is 2.31. The maximum absolute atomic E-state index is 6.10. The summed E-state index contributed by atoms with van der Waals surface area (Å²) in [6, 6.07) is 19.9. The minimum atomic E-state index is -0.341. The summed E-state index contributed by atoms with van der Waals surface area (Å²) in [5.41, 5.74) is 8.22. The summed E-state index contributed by atoms with van der Waals surface area (Å²) in [5, 5.41) is 0. The van der Waals surface area contributed by atoms with Gasteiger partial charge in [-0.3, -0.25) is 0 Å². The fourth-order valence-corrected chi connectivity index (χ4v) is 2.31. The van der Waals surface area contributed by atoms with Crippen LogP contribution in [0.15, 0.2) is 60.7 Å². The molecule has 0 amide bonds. The van der Waals surface area contributed by atoms with Gasteiger partial charge in [0.2, 0.25) is 0 Å². The first kappa shape index (κ1) is 12.4. The lowest BCUT2D eigenvalue weighted by Gasteiger charge is -2.35. The van der Waals surface area contributed by atoms with Crippen LogP contribution in [-0.4, -0.2) is 12.6 Å². The van der Waals surface area contributed by atoms with Gasteiger partial charge in [0.15, 0.2) is 6.29 Å². The third kappa shape index (κ3) is 2.68. The van der Waals surface area contributed by atoms with Gasteiger partial charge in [0.25, 0.3) is 0 Å². The molecule has 98 valence electrons. The summed E-state index contributed by atoms with van der Waals surface area (Å²) in [5.74, 6) is 0. The van der Waals surface area contributed by atoms with Crippen LogP contribution >= 0.6 is 0 Å². The number of nitrogens with two attached hydrogens (primary N) is 1. The molecule has 1 fully saturated rings. The first-order chi connectivity index (χ1) is 9.34. The Balaban J connectivity index is 1.82. The quantitative estimate of drug-likeness (QED) is 0.897. The zero-order chi connectivity index (χ0) is 13.1. The van der Waals surface area contributed by atoms with Crippen molar-refractivity contribution < 1.29 is 9.47 Å². The molecule has 19 heavy (non-hydrogen) atoms. The molecule has 1 saturated heterocycles. The Labute approximate surface area is 113 Å². The molecule has 3 heteroatoms. The van der Waals surface area contributed by atoms with Crippen LogP contribution in [0.25, 0.3) is 0 Å². The topological polar surface area (TPSA) is 44.5 Å². The van der Waals surface area contributed by atoms with E-state index in [1.165, 1.54) is 0 Å². The molecule has 3 rings (SSSR count). The average Bonchev–Trinajstić information content (AvgIpc) is 2.49. The lowest BCUT2D eigenvalue weighted by Crippen LogP contribution is -2.40. The van der Waals surface area contributed by atoms with Crippen LogP contribution in [0.3, 0.4) is 0 Å². The molecule has 1 aliphatic heterocycles. The second kappa shape index (κ2) is 5.53. The van der Waals surface area contributed by atoms with Gasteiger partial charge in [-0.2, -0.15) is 0 Å². The van der Waals surface area contributed by atoms with E-state index < -0.39 is 0 Å². The Morgan fingerprint density at radius 2 is 1.42 bits per heavy atom. The fourth-order valence-electron chi connectivity index (χ4n) is 2.31. The Hall–Kier alpha value is -1.68. The molecule has 0 aliphatic carbocycles. The number of ether oxygens (including phenoxy) is 2. The SMILES string of the molecule is N[C@H]1CO[C@@H](c2ccccc2)O[C@H]1c1ccccc1.